The van der Waals surface area contributed by atoms with Gasteiger partial charge in [0.15, 0.2) is 17.3 Å². The zero-order valence-corrected chi connectivity index (χ0v) is 23.1. The molecule has 0 aliphatic carbocycles. The lowest BCUT2D eigenvalue weighted by atomic mass is 10.1. The number of rotatable bonds is 9. The summed E-state index contributed by atoms with van der Waals surface area (Å²) in [6, 6.07) is 19.8. The van der Waals surface area contributed by atoms with Crippen molar-refractivity contribution in [3.63, 3.8) is 0 Å². The number of anilines is 2. The van der Waals surface area contributed by atoms with Gasteiger partial charge >= 0.3 is 0 Å². The number of benzene rings is 3. The van der Waals surface area contributed by atoms with E-state index in [-0.39, 0.29) is 11.4 Å². The van der Waals surface area contributed by atoms with Crippen LogP contribution in [0.25, 0.3) is 6.08 Å². The van der Waals surface area contributed by atoms with Gasteiger partial charge in [-0.1, -0.05) is 18.2 Å². The molecule has 1 saturated heterocycles. The minimum absolute atomic E-state index is 0.0150. The molecule has 3 aromatic carbocycles. The van der Waals surface area contributed by atoms with Crippen LogP contribution in [0.15, 0.2) is 72.3 Å². The van der Waals surface area contributed by atoms with E-state index in [0.29, 0.717) is 60.2 Å². The summed E-state index contributed by atoms with van der Waals surface area (Å²) in [5.74, 6) is 0.260. The minimum atomic E-state index is -0.532. The van der Waals surface area contributed by atoms with Crippen LogP contribution in [0.5, 0.6) is 17.2 Å². The number of hydrogen-bond acceptors (Lipinski definition) is 7. The molecule has 0 unspecified atom stereocenters. The first-order chi connectivity index (χ1) is 19.4. The third-order valence-electron chi connectivity index (χ3n) is 6.75. The Labute approximate surface area is 233 Å². The fourth-order valence-electron chi connectivity index (χ4n) is 4.58. The van der Waals surface area contributed by atoms with Gasteiger partial charge in [0.05, 0.1) is 21.3 Å². The van der Waals surface area contributed by atoms with Gasteiger partial charge in [-0.05, 0) is 61.5 Å². The summed E-state index contributed by atoms with van der Waals surface area (Å²) >= 11 is 0. The molecular weight excluding hydrogens is 510 g/mol. The number of amides is 2. The van der Waals surface area contributed by atoms with Gasteiger partial charge in [0, 0.05) is 48.7 Å². The molecule has 0 spiro atoms. The Morgan fingerprint density at radius 3 is 2.00 bits per heavy atom. The van der Waals surface area contributed by atoms with Gasteiger partial charge in [0.1, 0.15) is 5.57 Å². The second-order valence-electron chi connectivity index (χ2n) is 9.18. The van der Waals surface area contributed by atoms with Gasteiger partial charge in [-0.2, -0.15) is 0 Å². The van der Waals surface area contributed by atoms with E-state index in [1.165, 1.54) is 34.3 Å². The monoisotopic (exact) mass is 543 g/mol. The van der Waals surface area contributed by atoms with E-state index >= 15 is 0 Å². The first kappa shape index (κ1) is 28.2. The normalized spacial score (nSPS) is 13.4. The molecule has 1 fully saturated rings. The molecule has 40 heavy (non-hydrogen) atoms. The molecule has 1 N–H and O–H groups in total. The zero-order chi connectivity index (χ0) is 28.6. The molecule has 0 aromatic heterocycles. The maximum atomic E-state index is 13.8. The SMILES string of the molecule is COc1ccc(C=C(C(=O)Nc2ccccc2)C(=O)N2CCN(c3ccc(C(C)=O)cc3)CC2)c(OC)c1OC. The second kappa shape index (κ2) is 12.8. The van der Waals surface area contributed by atoms with Crippen LogP contribution in [0, 0.1) is 0 Å². The lowest BCUT2D eigenvalue weighted by Gasteiger charge is -2.36. The molecule has 0 bridgehead atoms. The highest BCUT2D eigenvalue weighted by atomic mass is 16.5. The fourth-order valence-corrected chi connectivity index (χ4v) is 4.58. The number of ketones is 1. The van der Waals surface area contributed by atoms with Crippen LogP contribution in [0.4, 0.5) is 11.4 Å². The highest BCUT2D eigenvalue weighted by molar-refractivity contribution is 6.25. The average Bonchev–Trinajstić information content (AvgIpc) is 2.99. The van der Waals surface area contributed by atoms with Crippen molar-refractivity contribution in [3.8, 4) is 17.2 Å². The van der Waals surface area contributed by atoms with Crippen molar-refractivity contribution in [1.82, 2.24) is 4.90 Å². The molecule has 1 heterocycles. The highest BCUT2D eigenvalue weighted by Crippen LogP contribution is 2.40. The van der Waals surface area contributed by atoms with Crippen molar-refractivity contribution in [2.75, 3.05) is 57.7 Å². The fraction of sp³-hybridized carbons (Fsp3) is 0.258. The minimum Gasteiger partial charge on any atom is -0.493 e. The number of methoxy groups -OCH3 is 3. The van der Waals surface area contributed by atoms with Crippen LogP contribution in [-0.2, 0) is 9.59 Å². The first-order valence-corrected chi connectivity index (χ1v) is 12.9. The lowest BCUT2D eigenvalue weighted by molar-refractivity contribution is -0.129. The van der Waals surface area contributed by atoms with E-state index in [4.69, 9.17) is 14.2 Å². The van der Waals surface area contributed by atoms with Crippen molar-refractivity contribution in [2.24, 2.45) is 0 Å². The Morgan fingerprint density at radius 2 is 1.43 bits per heavy atom. The van der Waals surface area contributed by atoms with Gasteiger partial charge in [-0.25, -0.2) is 0 Å². The van der Waals surface area contributed by atoms with Crippen LogP contribution >= 0.6 is 0 Å². The Kier molecular flexibility index (Phi) is 9.06. The number of nitrogens with zero attached hydrogens (tertiary/aromatic N) is 2. The van der Waals surface area contributed by atoms with Crippen LogP contribution in [0.3, 0.4) is 0 Å². The van der Waals surface area contributed by atoms with Crippen molar-refractivity contribution in [3.05, 3.63) is 83.4 Å². The van der Waals surface area contributed by atoms with Crippen LogP contribution in [-0.4, -0.2) is 70.0 Å². The van der Waals surface area contributed by atoms with Crippen LogP contribution in [0.2, 0.25) is 0 Å². The van der Waals surface area contributed by atoms with E-state index in [1.54, 1.807) is 53.4 Å². The summed E-state index contributed by atoms with van der Waals surface area (Å²) < 4.78 is 16.4. The highest BCUT2D eigenvalue weighted by Gasteiger charge is 2.28. The zero-order valence-electron chi connectivity index (χ0n) is 23.1. The summed E-state index contributed by atoms with van der Waals surface area (Å²) in [6.07, 6.45) is 1.52. The number of carbonyl (C=O) groups is 3. The number of hydrogen-bond donors (Lipinski definition) is 1. The predicted octanol–water partition coefficient (Wildman–Crippen LogP) is 4.29. The van der Waals surface area contributed by atoms with E-state index in [2.05, 4.69) is 10.2 Å². The number of nitrogens with one attached hydrogen (secondary N) is 1. The molecule has 1 aliphatic rings. The van der Waals surface area contributed by atoms with E-state index in [9.17, 15) is 14.4 Å². The third kappa shape index (κ3) is 6.26. The molecule has 208 valence electrons. The molecule has 0 atom stereocenters. The van der Waals surface area contributed by atoms with Crippen molar-refractivity contribution < 1.29 is 28.6 Å². The average molecular weight is 544 g/mol. The van der Waals surface area contributed by atoms with Gasteiger partial charge in [0.25, 0.3) is 11.8 Å². The molecule has 0 radical (unpaired) electrons. The Morgan fingerprint density at radius 1 is 0.775 bits per heavy atom. The van der Waals surface area contributed by atoms with Crippen molar-refractivity contribution in [1.29, 1.82) is 0 Å². The topological polar surface area (TPSA) is 97.4 Å². The molecule has 3 aromatic rings. The third-order valence-corrected chi connectivity index (χ3v) is 6.75. The Bertz CT molecular complexity index is 1390. The number of carbonyl (C=O) groups excluding carboxylic acids is 3. The van der Waals surface area contributed by atoms with Crippen LogP contribution < -0.4 is 24.4 Å². The van der Waals surface area contributed by atoms with Crippen LogP contribution in [0.1, 0.15) is 22.8 Å². The van der Waals surface area contributed by atoms with E-state index in [0.717, 1.165) is 5.69 Å². The van der Waals surface area contributed by atoms with Crippen molar-refractivity contribution >= 4 is 35.0 Å². The first-order valence-electron chi connectivity index (χ1n) is 12.9. The Hall–Kier alpha value is -4.79. The predicted molar refractivity (Wildman–Crippen MR) is 154 cm³/mol. The summed E-state index contributed by atoms with van der Waals surface area (Å²) in [4.78, 5) is 42.7. The molecular formula is C31H33N3O6. The lowest BCUT2D eigenvalue weighted by Crippen LogP contribution is -2.50. The van der Waals surface area contributed by atoms with E-state index < -0.39 is 11.8 Å². The van der Waals surface area contributed by atoms with Gasteiger partial charge < -0.3 is 29.3 Å². The number of para-hydroxylation sites is 1. The molecule has 9 nitrogen and oxygen atoms in total. The largest absolute Gasteiger partial charge is 0.493 e. The van der Waals surface area contributed by atoms with Gasteiger partial charge in [-0.3, -0.25) is 14.4 Å². The van der Waals surface area contributed by atoms with Gasteiger partial charge in [-0.15, -0.1) is 0 Å². The molecule has 9 heteroatoms. The molecule has 1 aliphatic heterocycles. The standard InChI is InChI=1S/C31H33N3O6/c1-21(35)22-10-13-25(14-11-22)33-16-18-34(19-17-33)31(37)26(30(36)32-24-8-6-5-7-9-24)20-23-12-15-27(38-2)29(40-4)28(23)39-3/h5-15,20H,16-19H2,1-4H3,(H,32,36). The quantitative estimate of drug-likeness (QED) is 0.186. The molecule has 0 saturated carbocycles. The van der Waals surface area contributed by atoms with Crippen molar-refractivity contribution in [2.45, 2.75) is 6.92 Å². The summed E-state index contributed by atoms with van der Waals surface area (Å²) in [7, 11) is 4.50. The number of Topliss-reactive ketones (excluding diaryl/α,β-unsaturated/α-hetero) is 1. The Balaban J connectivity index is 1.61. The molecule has 4 rings (SSSR count). The smallest absolute Gasteiger partial charge is 0.261 e. The summed E-state index contributed by atoms with van der Waals surface area (Å²) in [5, 5.41) is 2.83. The maximum Gasteiger partial charge on any atom is 0.261 e. The van der Waals surface area contributed by atoms with E-state index in [1.807, 2.05) is 18.2 Å². The number of piperazine rings is 1. The second-order valence-corrected chi connectivity index (χ2v) is 9.18. The number of ether oxygens (including phenoxy) is 3. The molecule has 2 amide bonds. The summed E-state index contributed by atoms with van der Waals surface area (Å²) in [5.41, 5.74) is 2.67. The van der Waals surface area contributed by atoms with Gasteiger partial charge in [0.2, 0.25) is 5.75 Å². The maximum absolute atomic E-state index is 13.8. The summed E-state index contributed by atoms with van der Waals surface area (Å²) in [6.45, 7) is 3.55.